The summed E-state index contributed by atoms with van der Waals surface area (Å²) in [6, 6.07) is 0. The predicted octanol–water partition coefficient (Wildman–Crippen LogP) is 1.86. The Balaban J connectivity index is 0.00000200. The van der Waals surface area contributed by atoms with Crippen molar-refractivity contribution in [3.05, 3.63) is 0 Å². The number of nitrogens with one attached hydrogen (secondary N) is 2. The molecular formula is C15H29ClN2O2. The van der Waals surface area contributed by atoms with Gasteiger partial charge in [0.05, 0.1) is 6.10 Å². The van der Waals surface area contributed by atoms with E-state index in [-0.39, 0.29) is 30.3 Å². The van der Waals surface area contributed by atoms with E-state index in [0.29, 0.717) is 5.92 Å². The minimum atomic E-state index is -0.103. The van der Waals surface area contributed by atoms with Crippen LogP contribution >= 0.6 is 12.4 Å². The van der Waals surface area contributed by atoms with Gasteiger partial charge >= 0.3 is 0 Å². The molecule has 2 atom stereocenters. The number of halogens is 1. The molecule has 2 fully saturated rings. The number of aliphatic hydroxyl groups excluding tert-OH is 1. The van der Waals surface area contributed by atoms with Gasteiger partial charge < -0.3 is 15.7 Å². The highest BCUT2D eigenvalue weighted by atomic mass is 35.5. The van der Waals surface area contributed by atoms with Crippen molar-refractivity contribution in [3.8, 4) is 0 Å². The summed E-state index contributed by atoms with van der Waals surface area (Å²) in [5.41, 5.74) is 0. The molecule has 118 valence electrons. The van der Waals surface area contributed by atoms with Gasteiger partial charge in [-0.15, -0.1) is 12.4 Å². The highest BCUT2D eigenvalue weighted by Crippen LogP contribution is 2.27. The molecule has 1 saturated heterocycles. The molecular weight excluding hydrogens is 276 g/mol. The minimum absolute atomic E-state index is 0. The maximum absolute atomic E-state index is 11.9. The molecule has 0 spiro atoms. The molecule has 1 aliphatic carbocycles. The monoisotopic (exact) mass is 304 g/mol. The van der Waals surface area contributed by atoms with Gasteiger partial charge in [0.25, 0.3) is 0 Å². The molecule has 1 saturated carbocycles. The Morgan fingerprint density at radius 3 is 2.55 bits per heavy atom. The molecule has 4 nitrogen and oxygen atoms in total. The summed E-state index contributed by atoms with van der Waals surface area (Å²) >= 11 is 0. The number of aliphatic hydroxyl groups is 1. The zero-order valence-electron chi connectivity index (χ0n) is 12.3. The Morgan fingerprint density at radius 1 is 1.15 bits per heavy atom. The van der Waals surface area contributed by atoms with E-state index in [1.54, 1.807) is 0 Å². The van der Waals surface area contributed by atoms with E-state index in [4.69, 9.17) is 0 Å². The van der Waals surface area contributed by atoms with E-state index in [1.165, 1.54) is 12.8 Å². The van der Waals surface area contributed by atoms with Crippen molar-refractivity contribution in [2.45, 2.75) is 57.5 Å². The molecule has 2 aliphatic rings. The Morgan fingerprint density at radius 2 is 1.85 bits per heavy atom. The molecule has 3 N–H and O–H groups in total. The third kappa shape index (κ3) is 5.58. The first-order valence-corrected chi connectivity index (χ1v) is 7.94. The summed E-state index contributed by atoms with van der Waals surface area (Å²) < 4.78 is 0. The van der Waals surface area contributed by atoms with Crippen molar-refractivity contribution in [1.29, 1.82) is 0 Å². The van der Waals surface area contributed by atoms with Gasteiger partial charge in [0, 0.05) is 12.5 Å². The van der Waals surface area contributed by atoms with Crippen LogP contribution in [0.3, 0.4) is 0 Å². The van der Waals surface area contributed by atoms with Crippen LogP contribution in [0.4, 0.5) is 0 Å². The van der Waals surface area contributed by atoms with Gasteiger partial charge in [-0.2, -0.15) is 0 Å². The fourth-order valence-corrected chi connectivity index (χ4v) is 3.33. The molecule has 0 aromatic heterocycles. The molecule has 5 heteroatoms. The molecule has 20 heavy (non-hydrogen) atoms. The first-order chi connectivity index (χ1) is 9.27. The van der Waals surface area contributed by atoms with E-state index in [0.717, 1.165) is 58.2 Å². The normalized spacial score (nSPS) is 27.6. The van der Waals surface area contributed by atoms with E-state index < -0.39 is 0 Å². The summed E-state index contributed by atoms with van der Waals surface area (Å²) in [6.07, 6.45) is 8.42. The zero-order chi connectivity index (χ0) is 13.5. The van der Waals surface area contributed by atoms with Crippen LogP contribution in [0.5, 0.6) is 0 Å². The van der Waals surface area contributed by atoms with Crippen LogP contribution in [0.15, 0.2) is 0 Å². The number of carbonyl (C=O) groups excluding carboxylic acids is 1. The lowest BCUT2D eigenvalue weighted by molar-refractivity contribution is -0.125. The van der Waals surface area contributed by atoms with Crippen LogP contribution in [0.1, 0.15) is 51.4 Å². The Bertz CT molecular complexity index is 283. The fraction of sp³-hybridized carbons (Fsp3) is 0.933. The molecule has 2 unspecified atom stereocenters. The summed E-state index contributed by atoms with van der Waals surface area (Å²) in [7, 11) is 0. The van der Waals surface area contributed by atoms with Crippen molar-refractivity contribution >= 4 is 18.3 Å². The van der Waals surface area contributed by atoms with Crippen LogP contribution in [-0.4, -0.2) is 36.8 Å². The maximum Gasteiger partial charge on any atom is 0.223 e. The van der Waals surface area contributed by atoms with Gasteiger partial charge in [0.15, 0.2) is 0 Å². The maximum atomic E-state index is 11.9. The first kappa shape index (κ1) is 17.7. The molecule has 1 aliphatic heterocycles. The summed E-state index contributed by atoms with van der Waals surface area (Å²) in [4.78, 5) is 11.9. The van der Waals surface area contributed by atoms with Gasteiger partial charge in [-0.1, -0.05) is 12.8 Å². The third-order valence-corrected chi connectivity index (χ3v) is 4.63. The van der Waals surface area contributed by atoms with Gasteiger partial charge in [-0.25, -0.2) is 0 Å². The SMILES string of the molecule is Cl.O=C(NCCCC1CCCCC1O)C1CCNCC1. The second-order valence-electron chi connectivity index (χ2n) is 6.07. The standard InChI is InChI=1S/C15H28N2O2.ClH/c18-14-6-2-1-4-12(14)5-3-9-17-15(19)13-7-10-16-11-8-13;/h12-14,16,18H,1-11H2,(H,17,19);1H. The Kier molecular flexibility index (Phi) is 8.50. The Labute approximate surface area is 128 Å². The van der Waals surface area contributed by atoms with Crippen LogP contribution in [0, 0.1) is 11.8 Å². The molecule has 0 aromatic carbocycles. The van der Waals surface area contributed by atoms with Crippen LogP contribution < -0.4 is 10.6 Å². The van der Waals surface area contributed by atoms with Gasteiger partial charge in [0.2, 0.25) is 5.91 Å². The largest absolute Gasteiger partial charge is 0.393 e. The Hall–Kier alpha value is -0.320. The number of hydrogen-bond acceptors (Lipinski definition) is 3. The molecule has 0 bridgehead atoms. The van der Waals surface area contributed by atoms with Gasteiger partial charge in [-0.3, -0.25) is 4.79 Å². The van der Waals surface area contributed by atoms with E-state index in [2.05, 4.69) is 10.6 Å². The lowest BCUT2D eigenvalue weighted by Crippen LogP contribution is -2.38. The van der Waals surface area contributed by atoms with Gasteiger partial charge in [-0.05, 0) is 57.5 Å². The smallest absolute Gasteiger partial charge is 0.223 e. The predicted molar refractivity (Wildman–Crippen MR) is 83.1 cm³/mol. The number of hydrogen-bond donors (Lipinski definition) is 3. The first-order valence-electron chi connectivity index (χ1n) is 7.94. The molecule has 0 radical (unpaired) electrons. The second-order valence-corrected chi connectivity index (χ2v) is 6.07. The number of piperidine rings is 1. The summed E-state index contributed by atoms with van der Waals surface area (Å²) in [5.74, 6) is 0.900. The van der Waals surface area contributed by atoms with Crippen molar-refractivity contribution in [1.82, 2.24) is 10.6 Å². The van der Waals surface area contributed by atoms with Crippen molar-refractivity contribution in [2.24, 2.45) is 11.8 Å². The molecule has 2 rings (SSSR count). The van der Waals surface area contributed by atoms with E-state index in [9.17, 15) is 9.90 Å². The van der Waals surface area contributed by atoms with Crippen LogP contribution in [-0.2, 0) is 4.79 Å². The lowest BCUT2D eigenvalue weighted by Gasteiger charge is -2.27. The minimum Gasteiger partial charge on any atom is -0.393 e. The van der Waals surface area contributed by atoms with E-state index >= 15 is 0 Å². The average molecular weight is 305 g/mol. The van der Waals surface area contributed by atoms with Crippen molar-refractivity contribution in [3.63, 3.8) is 0 Å². The quantitative estimate of drug-likeness (QED) is 0.679. The molecule has 1 amide bonds. The van der Waals surface area contributed by atoms with Crippen LogP contribution in [0.2, 0.25) is 0 Å². The summed E-state index contributed by atoms with van der Waals surface area (Å²) in [6.45, 7) is 2.70. The number of rotatable bonds is 5. The fourth-order valence-electron chi connectivity index (χ4n) is 3.33. The van der Waals surface area contributed by atoms with Crippen molar-refractivity contribution in [2.75, 3.05) is 19.6 Å². The topological polar surface area (TPSA) is 61.4 Å². The van der Waals surface area contributed by atoms with Crippen molar-refractivity contribution < 1.29 is 9.90 Å². The van der Waals surface area contributed by atoms with Gasteiger partial charge in [0.1, 0.15) is 0 Å². The second kappa shape index (κ2) is 9.59. The molecule has 0 aromatic rings. The highest BCUT2D eigenvalue weighted by molar-refractivity contribution is 5.85. The van der Waals surface area contributed by atoms with E-state index in [1.807, 2.05) is 0 Å². The summed E-state index contributed by atoms with van der Waals surface area (Å²) in [5, 5.41) is 16.2. The third-order valence-electron chi connectivity index (χ3n) is 4.63. The number of carbonyl (C=O) groups is 1. The van der Waals surface area contributed by atoms with Crippen LogP contribution in [0.25, 0.3) is 0 Å². The highest BCUT2D eigenvalue weighted by Gasteiger charge is 2.23. The molecule has 1 heterocycles. The number of amides is 1. The average Bonchev–Trinajstić information content (AvgIpc) is 2.46. The lowest BCUT2D eigenvalue weighted by atomic mass is 9.83. The zero-order valence-corrected chi connectivity index (χ0v) is 13.1.